The average molecular weight is 575 g/mol. The summed E-state index contributed by atoms with van der Waals surface area (Å²) in [6, 6.07) is 21.4. The summed E-state index contributed by atoms with van der Waals surface area (Å²) < 4.78 is 21.5. The number of ether oxygens (including phenoxy) is 4. The summed E-state index contributed by atoms with van der Waals surface area (Å²) in [6.45, 7) is 1.96. The summed E-state index contributed by atoms with van der Waals surface area (Å²) in [7, 11) is 3.12. The third-order valence-electron chi connectivity index (χ3n) is 6.68. The van der Waals surface area contributed by atoms with Crippen molar-refractivity contribution < 1.29 is 33.3 Å². The van der Waals surface area contributed by atoms with Gasteiger partial charge in [0.25, 0.3) is 0 Å². The van der Waals surface area contributed by atoms with Crippen LogP contribution >= 0.6 is 0 Å². The van der Waals surface area contributed by atoms with Crippen LogP contribution in [0.4, 0.5) is 4.79 Å². The molecule has 0 unspecified atom stereocenters. The predicted octanol–water partition coefficient (Wildman–Crippen LogP) is 3.60. The van der Waals surface area contributed by atoms with Crippen LogP contribution < -0.4 is 19.5 Å². The van der Waals surface area contributed by atoms with E-state index >= 15 is 0 Å². The lowest BCUT2D eigenvalue weighted by molar-refractivity contribution is -0.156. The number of rotatable bonds is 12. The lowest BCUT2D eigenvalue weighted by Crippen LogP contribution is -2.54. The molecular weight excluding hydrogens is 540 g/mol. The zero-order chi connectivity index (χ0) is 29.9. The van der Waals surface area contributed by atoms with Gasteiger partial charge in [-0.1, -0.05) is 30.3 Å². The summed E-state index contributed by atoms with van der Waals surface area (Å²) in [6.07, 6.45) is -0.170. The fourth-order valence-corrected chi connectivity index (χ4v) is 4.36. The molecule has 0 bridgehead atoms. The molecule has 1 aliphatic heterocycles. The Morgan fingerprint density at radius 3 is 2.29 bits per heavy atom. The van der Waals surface area contributed by atoms with E-state index < -0.39 is 17.9 Å². The van der Waals surface area contributed by atoms with E-state index in [0.29, 0.717) is 55.5 Å². The van der Waals surface area contributed by atoms with Crippen molar-refractivity contribution in [2.45, 2.75) is 19.6 Å². The lowest BCUT2D eigenvalue weighted by atomic mass is 10.1. The molecule has 0 saturated carbocycles. The maximum absolute atomic E-state index is 12.8. The van der Waals surface area contributed by atoms with Crippen molar-refractivity contribution >= 4 is 23.7 Å². The molecule has 11 heteroatoms. The van der Waals surface area contributed by atoms with Crippen molar-refractivity contribution in [1.29, 1.82) is 5.41 Å². The second-order valence-electron chi connectivity index (χ2n) is 9.48. The summed E-state index contributed by atoms with van der Waals surface area (Å²) in [4.78, 5) is 40.5. The molecule has 0 spiro atoms. The fraction of sp³-hybridized carbons (Fsp3) is 0.290. The van der Waals surface area contributed by atoms with E-state index in [1.807, 2.05) is 36.4 Å². The van der Waals surface area contributed by atoms with Gasteiger partial charge in [-0.25, -0.2) is 4.79 Å². The van der Waals surface area contributed by atoms with Crippen LogP contribution in [0.3, 0.4) is 0 Å². The topological polar surface area (TPSA) is 130 Å². The van der Waals surface area contributed by atoms with Crippen LogP contribution in [0.5, 0.6) is 17.2 Å². The molecule has 1 heterocycles. The van der Waals surface area contributed by atoms with Crippen LogP contribution in [0, 0.1) is 5.41 Å². The molecule has 11 nitrogen and oxygen atoms in total. The second kappa shape index (κ2) is 14.5. The molecule has 0 atom stereocenters. The summed E-state index contributed by atoms with van der Waals surface area (Å²) in [5.41, 5.74) is 2.14. The van der Waals surface area contributed by atoms with E-state index in [2.05, 4.69) is 5.32 Å². The Balaban J connectivity index is 1.17. The molecule has 4 rings (SSSR count). The molecule has 3 amide bonds. The van der Waals surface area contributed by atoms with Crippen molar-refractivity contribution in [3.05, 3.63) is 89.5 Å². The van der Waals surface area contributed by atoms with Crippen molar-refractivity contribution in [3.63, 3.8) is 0 Å². The standard InChI is InChI=1S/C31H34N4O7/c1-39-26-14-11-24(27(19-26)40-2)20-35-17-16-34(29(36)30(35)37)15-6-18-41-25-12-9-23(10-13-25)28(32)33-31(38)42-21-22-7-4-3-5-8-22/h3-5,7-14,19H,6,15-18,20-21H2,1-2H3,(H2,32,33,38). The first-order valence-corrected chi connectivity index (χ1v) is 13.5. The normalized spacial score (nSPS) is 13.0. The van der Waals surface area contributed by atoms with Crippen LogP contribution in [0.2, 0.25) is 0 Å². The van der Waals surface area contributed by atoms with Gasteiger partial charge >= 0.3 is 17.9 Å². The van der Waals surface area contributed by atoms with Gasteiger partial charge in [0, 0.05) is 43.4 Å². The molecule has 0 aromatic heterocycles. The number of methoxy groups -OCH3 is 2. The van der Waals surface area contributed by atoms with E-state index in [4.69, 9.17) is 24.4 Å². The van der Waals surface area contributed by atoms with E-state index in [1.54, 1.807) is 55.5 Å². The number of alkyl carbamates (subject to hydrolysis) is 1. The molecule has 2 N–H and O–H groups in total. The first kappa shape index (κ1) is 29.9. The van der Waals surface area contributed by atoms with E-state index in [1.165, 1.54) is 4.90 Å². The number of amidine groups is 1. The Kier molecular flexibility index (Phi) is 10.4. The predicted molar refractivity (Wildman–Crippen MR) is 155 cm³/mol. The minimum absolute atomic E-state index is 0.0904. The fourth-order valence-electron chi connectivity index (χ4n) is 4.36. The number of nitrogens with one attached hydrogen (secondary N) is 2. The molecule has 1 fully saturated rings. The molecule has 220 valence electrons. The largest absolute Gasteiger partial charge is 0.497 e. The molecule has 3 aromatic carbocycles. The molecule has 0 aliphatic carbocycles. The third kappa shape index (κ3) is 8.00. The summed E-state index contributed by atoms with van der Waals surface area (Å²) in [5, 5.41) is 10.5. The molecule has 3 aromatic rings. The zero-order valence-corrected chi connectivity index (χ0v) is 23.6. The first-order valence-electron chi connectivity index (χ1n) is 13.5. The minimum atomic E-state index is -0.710. The zero-order valence-electron chi connectivity index (χ0n) is 23.6. The number of amides is 3. The van der Waals surface area contributed by atoms with E-state index in [0.717, 1.165) is 11.1 Å². The van der Waals surface area contributed by atoms with Gasteiger partial charge in [-0.3, -0.25) is 20.3 Å². The number of hydrogen-bond acceptors (Lipinski definition) is 8. The Morgan fingerprint density at radius 2 is 1.57 bits per heavy atom. The minimum Gasteiger partial charge on any atom is -0.497 e. The van der Waals surface area contributed by atoms with Crippen LogP contribution in [0.25, 0.3) is 0 Å². The smallest absolute Gasteiger partial charge is 0.413 e. The first-order chi connectivity index (χ1) is 20.4. The van der Waals surface area contributed by atoms with Gasteiger partial charge in [-0.15, -0.1) is 0 Å². The van der Waals surface area contributed by atoms with Gasteiger partial charge in [0.05, 0.1) is 20.8 Å². The van der Waals surface area contributed by atoms with Gasteiger partial charge in [-0.2, -0.15) is 0 Å². The maximum Gasteiger partial charge on any atom is 0.413 e. The molecule has 0 radical (unpaired) electrons. The number of benzene rings is 3. The van der Waals surface area contributed by atoms with Crippen molar-refractivity contribution in [2.24, 2.45) is 0 Å². The van der Waals surface area contributed by atoms with Gasteiger partial charge in [0.2, 0.25) is 0 Å². The highest BCUT2D eigenvalue weighted by Crippen LogP contribution is 2.26. The number of carbonyl (C=O) groups is 3. The highest BCUT2D eigenvalue weighted by atomic mass is 16.5. The van der Waals surface area contributed by atoms with Crippen LogP contribution in [-0.2, 0) is 27.5 Å². The Labute approximate surface area is 244 Å². The Hall–Kier alpha value is -5.06. The molecular formula is C31H34N4O7. The third-order valence-corrected chi connectivity index (χ3v) is 6.68. The number of hydrogen-bond donors (Lipinski definition) is 2. The van der Waals surface area contributed by atoms with Crippen molar-refractivity contribution in [1.82, 2.24) is 15.1 Å². The van der Waals surface area contributed by atoms with Gasteiger partial charge in [-0.05, 0) is 48.4 Å². The molecule has 1 aliphatic rings. The monoisotopic (exact) mass is 574 g/mol. The second-order valence-corrected chi connectivity index (χ2v) is 9.48. The van der Waals surface area contributed by atoms with Crippen molar-refractivity contribution in [3.8, 4) is 17.2 Å². The van der Waals surface area contributed by atoms with Crippen LogP contribution in [0.15, 0.2) is 72.8 Å². The number of piperazine rings is 1. The Bertz CT molecular complexity index is 1400. The van der Waals surface area contributed by atoms with Crippen LogP contribution in [-0.4, -0.2) is 74.0 Å². The lowest BCUT2D eigenvalue weighted by Gasteiger charge is -2.34. The SMILES string of the molecule is COc1ccc(CN2CCN(CCCOc3ccc(C(=N)NC(=O)OCc4ccccc4)cc3)C(=O)C2=O)c(OC)c1. The highest BCUT2D eigenvalue weighted by Gasteiger charge is 2.32. The number of nitrogens with zero attached hydrogens (tertiary/aromatic N) is 2. The Morgan fingerprint density at radius 1 is 0.881 bits per heavy atom. The van der Waals surface area contributed by atoms with Crippen LogP contribution in [0.1, 0.15) is 23.1 Å². The highest BCUT2D eigenvalue weighted by molar-refractivity contribution is 6.35. The quantitative estimate of drug-likeness (QED) is 0.146. The summed E-state index contributed by atoms with van der Waals surface area (Å²) >= 11 is 0. The number of carbonyl (C=O) groups excluding carboxylic acids is 3. The van der Waals surface area contributed by atoms with Gasteiger partial charge < -0.3 is 28.7 Å². The van der Waals surface area contributed by atoms with E-state index in [-0.39, 0.29) is 19.0 Å². The molecule has 42 heavy (non-hydrogen) atoms. The summed E-state index contributed by atoms with van der Waals surface area (Å²) in [5.74, 6) is 0.652. The van der Waals surface area contributed by atoms with Gasteiger partial charge in [0.15, 0.2) is 0 Å². The average Bonchev–Trinajstić information content (AvgIpc) is 3.02. The van der Waals surface area contributed by atoms with Gasteiger partial charge in [0.1, 0.15) is 29.7 Å². The molecule has 1 saturated heterocycles. The van der Waals surface area contributed by atoms with E-state index in [9.17, 15) is 14.4 Å². The maximum atomic E-state index is 12.8. The van der Waals surface area contributed by atoms with Crippen molar-refractivity contribution in [2.75, 3.05) is 40.5 Å².